The molecule has 1 aliphatic carbocycles. The first kappa shape index (κ1) is 12.5. The first-order chi connectivity index (χ1) is 7.43. The molecule has 0 aromatic heterocycles. The Morgan fingerprint density at radius 1 is 1.31 bits per heavy atom. The first-order valence-electron chi connectivity index (χ1n) is 4.86. The lowest BCUT2D eigenvalue weighted by atomic mass is 10.4. The fourth-order valence-corrected chi connectivity index (χ4v) is 4.34. The van der Waals surface area contributed by atoms with Crippen LogP contribution < -0.4 is 0 Å². The van der Waals surface area contributed by atoms with Crippen LogP contribution in [0.25, 0.3) is 0 Å². The van der Waals surface area contributed by atoms with E-state index in [1.54, 1.807) is 25.2 Å². The van der Waals surface area contributed by atoms with Gasteiger partial charge in [-0.25, -0.2) is 8.42 Å². The zero-order valence-electron chi connectivity index (χ0n) is 8.65. The molecule has 0 heterocycles. The summed E-state index contributed by atoms with van der Waals surface area (Å²) in [5.74, 6) is 0. The van der Waals surface area contributed by atoms with E-state index in [0.717, 1.165) is 17.3 Å². The summed E-state index contributed by atoms with van der Waals surface area (Å²) in [7, 11) is -1.73. The van der Waals surface area contributed by atoms with Gasteiger partial charge in [-0.2, -0.15) is 4.31 Å². The number of hydrogen-bond donors (Lipinski definition) is 0. The molecule has 0 atom stereocenters. The van der Waals surface area contributed by atoms with Gasteiger partial charge < -0.3 is 0 Å². The van der Waals surface area contributed by atoms with E-state index in [0.29, 0.717) is 9.37 Å². The molecule has 1 saturated carbocycles. The van der Waals surface area contributed by atoms with Crippen molar-refractivity contribution in [3.05, 3.63) is 27.1 Å². The zero-order chi connectivity index (χ0) is 11.9. The number of benzene rings is 1. The molecule has 2 rings (SSSR count). The summed E-state index contributed by atoms with van der Waals surface area (Å²) < 4.78 is 27.3. The van der Waals surface area contributed by atoms with Crippen molar-refractivity contribution in [3.63, 3.8) is 0 Å². The van der Waals surface area contributed by atoms with E-state index in [4.69, 9.17) is 0 Å². The van der Waals surface area contributed by atoms with Gasteiger partial charge >= 0.3 is 0 Å². The number of rotatable bonds is 3. The summed E-state index contributed by atoms with van der Waals surface area (Å²) in [6.07, 6.45) is 1.92. The predicted octanol–water partition coefficient (Wildman–Crippen LogP) is 2.99. The normalized spacial score (nSPS) is 16.8. The molecule has 3 nitrogen and oxygen atoms in total. The third-order valence-corrected chi connectivity index (χ3v) is 6.01. The molecule has 1 aromatic rings. The number of hydrogen-bond acceptors (Lipinski definition) is 2. The lowest BCUT2D eigenvalue weighted by Gasteiger charge is -2.17. The zero-order valence-corrected chi connectivity index (χ0v) is 12.6. The Morgan fingerprint density at radius 3 is 2.50 bits per heavy atom. The average molecular weight is 369 g/mol. The molecule has 1 fully saturated rings. The van der Waals surface area contributed by atoms with E-state index < -0.39 is 10.0 Å². The molecule has 0 amide bonds. The maximum atomic E-state index is 12.3. The minimum Gasteiger partial charge on any atom is -0.207 e. The highest BCUT2D eigenvalue weighted by atomic mass is 79.9. The Labute approximate surface area is 112 Å². The van der Waals surface area contributed by atoms with Crippen LogP contribution in [0.15, 0.2) is 32.0 Å². The molecule has 0 spiro atoms. The molecule has 0 bridgehead atoms. The Morgan fingerprint density at radius 2 is 1.94 bits per heavy atom. The standard InChI is InChI=1S/C10H11Br2NO2S/c1-13(8-3-4-8)16(14,15)10-6-7(11)2-5-9(10)12/h2,5-6,8H,3-4H2,1H3. The van der Waals surface area contributed by atoms with E-state index in [2.05, 4.69) is 31.9 Å². The van der Waals surface area contributed by atoms with Crippen LogP contribution in [-0.2, 0) is 10.0 Å². The van der Waals surface area contributed by atoms with E-state index in [1.807, 2.05) is 0 Å². The number of halogens is 2. The molecule has 1 aromatic carbocycles. The Bertz CT molecular complexity index is 512. The second kappa shape index (κ2) is 4.40. The van der Waals surface area contributed by atoms with Crippen molar-refractivity contribution in [2.75, 3.05) is 7.05 Å². The van der Waals surface area contributed by atoms with Crippen molar-refractivity contribution in [1.29, 1.82) is 0 Å². The van der Waals surface area contributed by atoms with Gasteiger partial charge in [0.1, 0.15) is 0 Å². The summed E-state index contributed by atoms with van der Waals surface area (Å²) in [6, 6.07) is 5.34. The van der Waals surface area contributed by atoms with E-state index in [1.165, 1.54) is 4.31 Å². The summed E-state index contributed by atoms with van der Waals surface area (Å²) in [4.78, 5) is 0.316. The summed E-state index contributed by atoms with van der Waals surface area (Å²) >= 11 is 6.56. The van der Waals surface area contributed by atoms with Crippen LogP contribution in [-0.4, -0.2) is 25.8 Å². The molecule has 0 saturated heterocycles. The molecule has 16 heavy (non-hydrogen) atoms. The summed E-state index contributed by atoms with van der Waals surface area (Å²) in [6.45, 7) is 0. The number of nitrogens with zero attached hydrogens (tertiary/aromatic N) is 1. The van der Waals surface area contributed by atoms with Crippen LogP contribution in [0.1, 0.15) is 12.8 Å². The molecular formula is C10H11Br2NO2S. The minimum absolute atomic E-state index is 0.177. The van der Waals surface area contributed by atoms with Gasteiger partial charge in [-0.15, -0.1) is 0 Å². The fourth-order valence-electron chi connectivity index (χ4n) is 1.46. The third-order valence-electron chi connectivity index (χ3n) is 2.61. The first-order valence-corrected chi connectivity index (χ1v) is 7.88. The Hall–Kier alpha value is 0.0900. The smallest absolute Gasteiger partial charge is 0.207 e. The molecule has 88 valence electrons. The minimum atomic E-state index is -3.37. The van der Waals surface area contributed by atoms with Crippen molar-refractivity contribution in [2.24, 2.45) is 0 Å². The van der Waals surface area contributed by atoms with Crippen LogP contribution in [0.4, 0.5) is 0 Å². The Balaban J connectivity index is 2.45. The van der Waals surface area contributed by atoms with Gasteiger partial charge in [0.15, 0.2) is 0 Å². The lowest BCUT2D eigenvalue weighted by molar-refractivity contribution is 0.464. The summed E-state index contributed by atoms with van der Waals surface area (Å²) in [5, 5.41) is 0. The van der Waals surface area contributed by atoms with Gasteiger partial charge in [0, 0.05) is 22.0 Å². The predicted molar refractivity (Wildman–Crippen MR) is 69.8 cm³/mol. The lowest BCUT2D eigenvalue weighted by Crippen LogP contribution is -2.29. The van der Waals surface area contributed by atoms with E-state index in [9.17, 15) is 8.42 Å². The molecule has 0 radical (unpaired) electrons. The van der Waals surface area contributed by atoms with Gasteiger partial charge in [0.25, 0.3) is 0 Å². The van der Waals surface area contributed by atoms with Crippen LogP contribution in [0.2, 0.25) is 0 Å². The van der Waals surface area contributed by atoms with E-state index >= 15 is 0 Å². The molecule has 6 heteroatoms. The van der Waals surface area contributed by atoms with Gasteiger partial charge in [-0.3, -0.25) is 0 Å². The second-order valence-electron chi connectivity index (χ2n) is 3.83. The van der Waals surface area contributed by atoms with Crippen molar-refractivity contribution in [2.45, 2.75) is 23.8 Å². The van der Waals surface area contributed by atoms with E-state index in [-0.39, 0.29) is 6.04 Å². The van der Waals surface area contributed by atoms with Gasteiger partial charge in [-0.05, 0) is 47.0 Å². The van der Waals surface area contributed by atoms with Crippen molar-refractivity contribution in [3.8, 4) is 0 Å². The van der Waals surface area contributed by atoms with Crippen LogP contribution in [0.5, 0.6) is 0 Å². The quantitative estimate of drug-likeness (QED) is 0.822. The highest BCUT2D eigenvalue weighted by molar-refractivity contribution is 9.11. The molecule has 0 N–H and O–H groups in total. The fraction of sp³-hybridized carbons (Fsp3) is 0.400. The molecular weight excluding hydrogens is 358 g/mol. The van der Waals surface area contributed by atoms with Gasteiger partial charge in [0.05, 0.1) is 4.90 Å². The second-order valence-corrected chi connectivity index (χ2v) is 7.56. The van der Waals surface area contributed by atoms with Crippen molar-refractivity contribution >= 4 is 41.9 Å². The van der Waals surface area contributed by atoms with Crippen molar-refractivity contribution in [1.82, 2.24) is 4.31 Å². The summed E-state index contributed by atoms with van der Waals surface area (Å²) in [5.41, 5.74) is 0. The van der Waals surface area contributed by atoms with Gasteiger partial charge in [0.2, 0.25) is 10.0 Å². The maximum absolute atomic E-state index is 12.3. The van der Waals surface area contributed by atoms with Gasteiger partial charge in [-0.1, -0.05) is 15.9 Å². The molecule has 0 aliphatic heterocycles. The highest BCUT2D eigenvalue weighted by Gasteiger charge is 2.35. The largest absolute Gasteiger partial charge is 0.244 e. The van der Waals surface area contributed by atoms with Crippen molar-refractivity contribution < 1.29 is 8.42 Å². The van der Waals surface area contributed by atoms with Crippen LogP contribution in [0.3, 0.4) is 0 Å². The molecule has 0 unspecified atom stereocenters. The van der Waals surface area contributed by atoms with Crippen LogP contribution in [0, 0.1) is 0 Å². The average Bonchev–Trinajstić information content (AvgIpc) is 3.04. The SMILES string of the molecule is CN(C1CC1)S(=O)(=O)c1cc(Br)ccc1Br. The Kier molecular flexibility index (Phi) is 3.45. The van der Waals surface area contributed by atoms with Crippen LogP contribution >= 0.6 is 31.9 Å². The maximum Gasteiger partial charge on any atom is 0.244 e. The number of sulfonamides is 1. The topological polar surface area (TPSA) is 37.4 Å². The monoisotopic (exact) mass is 367 g/mol. The third kappa shape index (κ3) is 2.34. The highest BCUT2D eigenvalue weighted by Crippen LogP contribution is 2.33. The molecule has 1 aliphatic rings.